The Kier molecular flexibility index (Phi) is 5.96. The van der Waals surface area contributed by atoms with E-state index in [1.807, 2.05) is 24.3 Å². The Morgan fingerprint density at radius 2 is 1.75 bits per heavy atom. The first-order valence-electron chi connectivity index (χ1n) is 8.41. The van der Waals surface area contributed by atoms with Crippen molar-refractivity contribution < 1.29 is 14.3 Å². The predicted octanol–water partition coefficient (Wildman–Crippen LogP) is 4.45. The first-order valence-corrected chi connectivity index (χ1v) is 8.78. The number of rotatable bonds is 6. The minimum absolute atomic E-state index is 0.219. The summed E-state index contributed by atoms with van der Waals surface area (Å²) in [7, 11) is 3.12. The van der Waals surface area contributed by atoms with Gasteiger partial charge in [-0.15, -0.1) is 0 Å². The molecule has 0 radical (unpaired) electrons. The number of amides is 1. The van der Waals surface area contributed by atoms with E-state index >= 15 is 0 Å². The van der Waals surface area contributed by atoms with Crippen LogP contribution in [0.4, 0.5) is 17.2 Å². The Morgan fingerprint density at radius 1 is 1.00 bits per heavy atom. The number of ether oxygens (including phenoxy) is 2. The van der Waals surface area contributed by atoms with Gasteiger partial charge in [0.2, 0.25) is 0 Å². The summed E-state index contributed by atoms with van der Waals surface area (Å²) >= 11 is 6.10. The van der Waals surface area contributed by atoms with Crippen LogP contribution in [0.15, 0.2) is 48.5 Å². The molecule has 0 aliphatic heterocycles. The molecule has 0 spiro atoms. The van der Waals surface area contributed by atoms with Crippen LogP contribution in [0, 0.1) is 6.92 Å². The summed E-state index contributed by atoms with van der Waals surface area (Å²) in [6, 6.07) is 14.0. The van der Waals surface area contributed by atoms with E-state index in [1.54, 1.807) is 38.3 Å². The standard InChI is InChI=1S/C20H19ClN4O3/c1-12-22-16(20(26)24-13-8-9-17(27-2)14(21)10-13)11-19(23-12)25-15-6-4-5-7-18(15)28-3/h4-11H,1-3H3,(H,24,26)(H,22,23,25). The van der Waals surface area contributed by atoms with Gasteiger partial charge in [0.25, 0.3) is 5.91 Å². The zero-order valence-electron chi connectivity index (χ0n) is 15.6. The smallest absolute Gasteiger partial charge is 0.274 e. The highest BCUT2D eigenvalue weighted by Crippen LogP contribution is 2.28. The molecule has 1 aromatic heterocycles. The van der Waals surface area contributed by atoms with Crippen molar-refractivity contribution in [2.24, 2.45) is 0 Å². The molecule has 2 N–H and O–H groups in total. The van der Waals surface area contributed by atoms with E-state index in [2.05, 4.69) is 20.6 Å². The van der Waals surface area contributed by atoms with Gasteiger partial charge in [-0.25, -0.2) is 9.97 Å². The van der Waals surface area contributed by atoms with Gasteiger partial charge in [-0.3, -0.25) is 4.79 Å². The van der Waals surface area contributed by atoms with E-state index in [9.17, 15) is 4.79 Å². The Labute approximate surface area is 167 Å². The second-order valence-corrected chi connectivity index (χ2v) is 6.22. The van der Waals surface area contributed by atoms with Crippen LogP contribution in [0.1, 0.15) is 16.3 Å². The number of carbonyl (C=O) groups is 1. The highest BCUT2D eigenvalue weighted by Gasteiger charge is 2.13. The largest absolute Gasteiger partial charge is 0.495 e. The molecule has 0 saturated carbocycles. The zero-order valence-corrected chi connectivity index (χ0v) is 16.4. The molecule has 0 fully saturated rings. The summed E-state index contributed by atoms with van der Waals surface area (Å²) in [5.41, 5.74) is 1.49. The van der Waals surface area contributed by atoms with Crippen molar-refractivity contribution >= 4 is 34.7 Å². The number of nitrogens with one attached hydrogen (secondary N) is 2. The molecule has 0 aliphatic carbocycles. The molecular weight excluding hydrogens is 380 g/mol. The van der Waals surface area contributed by atoms with Gasteiger partial charge in [-0.2, -0.15) is 0 Å². The number of carbonyl (C=O) groups excluding carboxylic acids is 1. The summed E-state index contributed by atoms with van der Waals surface area (Å²) in [6.07, 6.45) is 0. The van der Waals surface area contributed by atoms with Crippen LogP contribution in [0.2, 0.25) is 5.02 Å². The van der Waals surface area contributed by atoms with Crippen LogP contribution in [0.25, 0.3) is 0 Å². The minimum Gasteiger partial charge on any atom is -0.495 e. The van der Waals surface area contributed by atoms with Crippen LogP contribution >= 0.6 is 11.6 Å². The fourth-order valence-electron chi connectivity index (χ4n) is 2.57. The van der Waals surface area contributed by atoms with Crippen molar-refractivity contribution in [1.82, 2.24) is 9.97 Å². The number of methoxy groups -OCH3 is 2. The lowest BCUT2D eigenvalue weighted by atomic mass is 10.2. The second kappa shape index (κ2) is 8.58. The maximum atomic E-state index is 12.6. The fourth-order valence-corrected chi connectivity index (χ4v) is 2.83. The number of hydrogen-bond donors (Lipinski definition) is 2. The maximum Gasteiger partial charge on any atom is 0.274 e. The molecule has 0 unspecified atom stereocenters. The predicted molar refractivity (Wildman–Crippen MR) is 109 cm³/mol. The molecule has 1 heterocycles. The third-order valence-corrected chi connectivity index (χ3v) is 4.15. The summed E-state index contributed by atoms with van der Waals surface area (Å²) in [5.74, 6) is 1.75. The van der Waals surface area contributed by atoms with Gasteiger partial charge in [-0.1, -0.05) is 23.7 Å². The van der Waals surface area contributed by atoms with Gasteiger partial charge < -0.3 is 20.1 Å². The van der Waals surface area contributed by atoms with Crippen molar-refractivity contribution in [2.45, 2.75) is 6.92 Å². The molecule has 1 amide bonds. The Morgan fingerprint density at radius 3 is 2.46 bits per heavy atom. The van der Waals surface area contributed by atoms with Crippen LogP contribution in [-0.4, -0.2) is 30.1 Å². The molecule has 144 valence electrons. The third kappa shape index (κ3) is 4.50. The van der Waals surface area contributed by atoms with Gasteiger partial charge >= 0.3 is 0 Å². The molecule has 28 heavy (non-hydrogen) atoms. The Hall–Kier alpha value is -3.32. The number of nitrogens with zero attached hydrogens (tertiary/aromatic N) is 2. The number of aryl methyl sites for hydroxylation is 1. The number of hydrogen-bond acceptors (Lipinski definition) is 6. The minimum atomic E-state index is -0.380. The van der Waals surface area contributed by atoms with E-state index < -0.39 is 0 Å². The van der Waals surface area contributed by atoms with Gasteiger partial charge in [0.1, 0.15) is 28.8 Å². The van der Waals surface area contributed by atoms with E-state index in [1.165, 1.54) is 7.11 Å². The third-order valence-electron chi connectivity index (χ3n) is 3.85. The number of benzene rings is 2. The molecule has 3 aromatic rings. The lowest BCUT2D eigenvalue weighted by molar-refractivity contribution is 0.102. The van der Waals surface area contributed by atoms with Crippen molar-refractivity contribution in [3.8, 4) is 11.5 Å². The van der Waals surface area contributed by atoms with E-state index in [0.717, 1.165) is 5.69 Å². The van der Waals surface area contributed by atoms with Crippen LogP contribution < -0.4 is 20.1 Å². The summed E-state index contributed by atoms with van der Waals surface area (Å²) < 4.78 is 10.4. The second-order valence-electron chi connectivity index (χ2n) is 5.81. The molecular formula is C20H19ClN4O3. The number of para-hydroxylation sites is 2. The summed E-state index contributed by atoms with van der Waals surface area (Å²) in [4.78, 5) is 21.2. The van der Waals surface area contributed by atoms with Crippen molar-refractivity contribution in [2.75, 3.05) is 24.9 Å². The SMILES string of the molecule is COc1ccc(NC(=O)c2cc(Nc3ccccc3OC)nc(C)n2)cc1Cl. The maximum absolute atomic E-state index is 12.6. The molecule has 0 aliphatic rings. The molecule has 7 nitrogen and oxygen atoms in total. The van der Waals surface area contributed by atoms with Gasteiger partial charge in [0.15, 0.2) is 0 Å². The normalized spacial score (nSPS) is 10.3. The topological polar surface area (TPSA) is 85.4 Å². The quantitative estimate of drug-likeness (QED) is 0.638. The lowest BCUT2D eigenvalue weighted by Crippen LogP contribution is -2.15. The molecule has 2 aromatic carbocycles. The molecule has 3 rings (SSSR count). The van der Waals surface area contributed by atoms with Gasteiger partial charge in [-0.05, 0) is 37.3 Å². The van der Waals surface area contributed by atoms with Crippen LogP contribution in [0.3, 0.4) is 0 Å². The van der Waals surface area contributed by atoms with Crippen molar-refractivity contribution in [3.63, 3.8) is 0 Å². The van der Waals surface area contributed by atoms with Gasteiger partial charge in [0.05, 0.1) is 24.9 Å². The highest BCUT2D eigenvalue weighted by atomic mass is 35.5. The summed E-state index contributed by atoms with van der Waals surface area (Å²) in [5, 5.41) is 6.32. The first kappa shape index (κ1) is 19.4. The van der Waals surface area contributed by atoms with E-state index in [0.29, 0.717) is 33.9 Å². The lowest BCUT2D eigenvalue weighted by Gasteiger charge is -2.12. The van der Waals surface area contributed by atoms with Crippen molar-refractivity contribution in [3.05, 3.63) is 65.1 Å². The monoisotopic (exact) mass is 398 g/mol. The van der Waals surface area contributed by atoms with E-state index in [4.69, 9.17) is 21.1 Å². The first-order chi connectivity index (χ1) is 13.5. The molecule has 8 heteroatoms. The average molecular weight is 399 g/mol. The molecule has 0 atom stereocenters. The summed E-state index contributed by atoms with van der Waals surface area (Å²) in [6.45, 7) is 1.72. The van der Waals surface area contributed by atoms with E-state index in [-0.39, 0.29) is 11.6 Å². The molecule has 0 bridgehead atoms. The Bertz CT molecular complexity index is 1010. The number of anilines is 3. The van der Waals surface area contributed by atoms with Crippen LogP contribution in [0.5, 0.6) is 11.5 Å². The van der Waals surface area contributed by atoms with Crippen molar-refractivity contribution in [1.29, 1.82) is 0 Å². The number of halogens is 1. The fraction of sp³-hybridized carbons (Fsp3) is 0.150. The Balaban J connectivity index is 1.82. The average Bonchev–Trinajstić information content (AvgIpc) is 2.68. The van der Waals surface area contributed by atoms with Gasteiger partial charge in [0, 0.05) is 11.8 Å². The molecule has 0 saturated heterocycles. The zero-order chi connectivity index (χ0) is 20.1. The number of aromatic nitrogens is 2. The highest BCUT2D eigenvalue weighted by molar-refractivity contribution is 6.32. The van der Waals surface area contributed by atoms with Crippen LogP contribution in [-0.2, 0) is 0 Å².